The molecule has 0 radical (unpaired) electrons. The van der Waals surface area contributed by atoms with Gasteiger partial charge in [-0.1, -0.05) is 18.2 Å². The topological polar surface area (TPSA) is 27.7 Å². The molecular weight excluding hydrogens is 216 g/mol. The number of rotatable bonds is 8. The Morgan fingerprint density at radius 3 is 2.47 bits per heavy atom. The minimum Gasteiger partial charge on any atom is -0.497 e. The predicted molar refractivity (Wildman–Crippen MR) is 68.3 cm³/mol. The highest BCUT2D eigenvalue weighted by molar-refractivity contribution is 5.26. The van der Waals surface area contributed by atoms with Gasteiger partial charge in [0.25, 0.3) is 0 Å². The maximum atomic E-state index is 5.56. The van der Waals surface area contributed by atoms with Gasteiger partial charge in [0.15, 0.2) is 0 Å². The molecule has 0 aliphatic carbocycles. The summed E-state index contributed by atoms with van der Waals surface area (Å²) in [6.07, 6.45) is 2.69. The van der Waals surface area contributed by atoms with Crippen LogP contribution in [0.4, 0.5) is 0 Å². The van der Waals surface area contributed by atoms with Crippen LogP contribution in [0.15, 0.2) is 36.9 Å². The Hall–Kier alpha value is -1.32. The summed E-state index contributed by atoms with van der Waals surface area (Å²) in [5.41, 5.74) is 1.14. The van der Waals surface area contributed by atoms with Crippen molar-refractivity contribution in [1.82, 2.24) is 0 Å². The lowest BCUT2D eigenvalue weighted by Crippen LogP contribution is -2.10. The summed E-state index contributed by atoms with van der Waals surface area (Å²) in [4.78, 5) is 0. The van der Waals surface area contributed by atoms with Crippen LogP contribution in [0, 0.1) is 0 Å². The molecule has 0 heterocycles. The van der Waals surface area contributed by atoms with Gasteiger partial charge in [-0.3, -0.25) is 0 Å². The summed E-state index contributed by atoms with van der Waals surface area (Å²) in [7, 11) is 3.33. The van der Waals surface area contributed by atoms with Gasteiger partial charge in [-0.05, 0) is 17.7 Å². The van der Waals surface area contributed by atoms with Gasteiger partial charge in [-0.25, -0.2) is 0 Å². The Bertz CT molecular complexity index is 319. The first-order valence-corrected chi connectivity index (χ1v) is 5.66. The summed E-state index contributed by atoms with van der Waals surface area (Å²) < 4.78 is 15.8. The van der Waals surface area contributed by atoms with Crippen LogP contribution in [-0.4, -0.2) is 26.9 Å². The van der Waals surface area contributed by atoms with Gasteiger partial charge >= 0.3 is 0 Å². The lowest BCUT2D eigenvalue weighted by Gasteiger charge is -2.10. The smallest absolute Gasteiger partial charge is 0.118 e. The molecule has 1 aromatic rings. The van der Waals surface area contributed by atoms with Crippen molar-refractivity contribution >= 4 is 0 Å². The highest BCUT2D eigenvalue weighted by atomic mass is 16.5. The maximum Gasteiger partial charge on any atom is 0.118 e. The fourth-order valence-electron chi connectivity index (χ4n) is 1.44. The quantitative estimate of drug-likeness (QED) is 0.513. The Morgan fingerprint density at radius 1 is 1.24 bits per heavy atom. The molecule has 0 fully saturated rings. The molecule has 1 rings (SSSR count). The molecule has 3 heteroatoms. The zero-order chi connectivity index (χ0) is 12.5. The first-order valence-electron chi connectivity index (χ1n) is 5.66. The van der Waals surface area contributed by atoms with Crippen LogP contribution in [0.2, 0.25) is 0 Å². The standard InChI is InChI=1S/C14H20O3/c1-4-13(15-2)9-10-17-11-12-5-7-14(16-3)8-6-12/h4-8,13H,1,9-11H2,2-3H3/t13-/m0/s1. The van der Waals surface area contributed by atoms with E-state index in [1.54, 1.807) is 20.3 Å². The molecule has 0 aliphatic heterocycles. The average molecular weight is 236 g/mol. The van der Waals surface area contributed by atoms with Crippen LogP contribution in [0.3, 0.4) is 0 Å². The highest BCUT2D eigenvalue weighted by Crippen LogP contribution is 2.12. The largest absolute Gasteiger partial charge is 0.497 e. The van der Waals surface area contributed by atoms with Crippen LogP contribution < -0.4 is 4.74 Å². The molecular formula is C14H20O3. The molecule has 0 spiro atoms. The SMILES string of the molecule is C=C[C@@H](CCOCc1ccc(OC)cc1)OC. The van der Waals surface area contributed by atoms with Gasteiger partial charge in [-0.2, -0.15) is 0 Å². The minimum absolute atomic E-state index is 0.0749. The van der Waals surface area contributed by atoms with Crippen molar-refractivity contribution in [3.8, 4) is 5.75 Å². The first kappa shape index (κ1) is 13.7. The molecule has 1 atom stereocenters. The van der Waals surface area contributed by atoms with Gasteiger partial charge < -0.3 is 14.2 Å². The molecule has 0 saturated carbocycles. The number of hydrogen-bond acceptors (Lipinski definition) is 3. The van der Waals surface area contributed by atoms with Crippen LogP contribution in [-0.2, 0) is 16.1 Å². The van der Waals surface area contributed by atoms with Gasteiger partial charge in [0.1, 0.15) is 5.75 Å². The normalized spacial score (nSPS) is 12.1. The van der Waals surface area contributed by atoms with E-state index >= 15 is 0 Å². The number of benzene rings is 1. The van der Waals surface area contributed by atoms with E-state index in [1.165, 1.54) is 0 Å². The lowest BCUT2D eigenvalue weighted by molar-refractivity contribution is 0.0679. The Labute approximate surface area is 103 Å². The molecule has 1 aromatic carbocycles. The molecule has 94 valence electrons. The van der Waals surface area contributed by atoms with E-state index in [1.807, 2.05) is 24.3 Å². The second-order valence-corrected chi connectivity index (χ2v) is 3.70. The van der Waals surface area contributed by atoms with Crippen molar-refractivity contribution in [2.45, 2.75) is 19.1 Å². The molecule has 0 bridgehead atoms. The van der Waals surface area contributed by atoms with E-state index in [0.717, 1.165) is 17.7 Å². The lowest BCUT2D eigenvalue weighted by atomic mass is 10.2. The molecule has 0 amide bonds. The van der Waals surface area contributed by atoms with Crippen molar-refractivity contribution in [3.63, 3.8) is 0 Å². The summed E-state index contributed by atoms with van der Waals surface area (Å²) in [5, 5.41) is 0. The monoisotopic (exact) mass is 236 g/mol. The van der Waals surface area contributed by atoms with Crippen molar-refractivity contribution in [1.29, 1.82) is 0 Å². The Morgan fingerprint density at radius 2 is 1.94 bits per heavy atom. The van der Waals surface area contributed by atoms with E-state index in [0.29, 0.717) is 13.2 Å². The third-order valence-electron chi connectivity index (χ3n) is 2.54. The molecule has 3 nitrogen and oxygen atoms in total. The zero-order valence-electron chi connectivity index (χ0n) is 10.5. The van der Waals surface area contributed by atoms with Gasteiger partial charge in [0, 0.05) is 20.1 Å². The maximum absolute atomic E-state index is 5.56. The van der Waals surface area contributed by atoms with Crippen molar-refractivity contribution in [2.75, 3.05) is 20.8 Å². The summed E-state index contributed by atoms with van der Waals surface area (Å²) in [5.74, 6) is 0.861. The van der Waals surface area contributed by atoms with Gasteiger partial charge in [0.05, 0.1) is 19.8 Å². The van der Waals surface area contributed by atoms with Crippen LogP contribution in [0.1, 0.15) is 12.0 Å². The second kappa shape index (κ2) is 7.87. The highest BCUT2D eigenvalue weighted by Gasteiger charge is 2.01. The molecule has 0 saturated heterocycles. The van der Waals surface area contributed by atoms with Gasteiger partial charge in [-0.15, -0.1) is 6.58 Å². The van der Waals surface area contributed by atoms with Crippen molar-refractivity contribution in [2.24, 2.45) is 0 Å². The van der Waals surface area contributed by atoms with Crippen molar-refractivity contribution < 1.29 is 14.2 Å². The molecule has 0 aromatic heterocycles. The summed E-state index contributed by atoms with van der Waals surface area (Å²) in [6, 6.07) is 7.86. The van der Waals surface area contributed by atoms with E-state index in [2.05, 4.69) is 6.58 Å². The van der Waals surface area contributed by atoms with E-state index in [9.17, 15) is 0 Å². The first-order chi connectivity index (χ1) is 8.30. The minimum atomic E-state index is 0.0749. The third-order valence-corrected chi connectivity index (χ3v) is 2.54. The second-order valence-electron chi connectivity index (χ2n) is 3.70. The fourth-order valence-corrected chi connectivity index (χ4v) is 1.44. The number of ether oxygens (including phenoxy) is 3. The summed E-state index contributed by atoms with van der Waals surface area (Å²) >= 11 is 0. The molecule has 0 N–H and O–H groups in total. The predicted octanol–water partition coefficient (Wildman–Crippen LogP) is 2.80. The van der Waals surface area contributed by atoms with E-state index in [4.69, 9.17) is 14.2 Å². The third kappa shape index (κ3) is 5.02. The molecule has 0 unspecified atom stereocenters. The van der Waals surface area contributed by atoms with Crippen molar-refractivity contribution in [3.05, 3.63) is 42.5 Å². The van der Waals surface area contributed by atoms with Crippen LogP contribution in [0.25, 0.3) is 0 Å². The van der Waals surface area contributed by atoms with E-state index < -0.39 is 0 Å². The Balaban J connectivity index is 2.23. The average Bonchev–Trinajstić information content (AvgIpc) is 2.40. The van der Waals surface area contributed by atoms with Gasteiger partial charge in [0.2, 0.25) is 0 Å². The fraction of sp³-hybridized carbons (Fsp3) is 0.429. The number of hydrogen-bond donors (Lipinski definition) is 0. The van der Waals surface area contributed by atoms with Crippen LogP contribution >= 0.6 is 0 Å². The number of methoxy groups -OCH3 is 2. The Kier molecular flexibility index (Phi) is 6.37. The molecule has 0 aliphatic rings. The zero-order valence-corrected chi connectivity index (χ0v) is 10.5. The van der Waals surface area contributed by atoms with E-state index in [-0.39, 0.29) is 6.10 Å². The van der Waals surface area contributed by atoms with Crippen LogP contribution in [0.5, 0.6) is 5.75 Å². The summed E-state index contributed by atoms with van der Waals surface area (Å²) in [6.45, 7) is 4.97. The molecule has 17 heavy (non-hydrogen) atoms.